The number of anilines is 1. The lowest BCUT2D eigenvalue weighted by atomic mass is 10.1. The van der Waals surface area contributed by atoms with Crippen molar-refractivity contribution >= 4 is 16.7 Å². The van der Waals surface area contributed by atoms with Crippen molar-refractivity contribution in [3.63, 3.8) is 0 Å². The maximum Gasteiger partial charge on any atom is 0.162 e. The molecule has 9 heteroatoms. The first-order chi connectivity index (χ1) is 43.5. The van der Waals surface area contributed by atoms with Crippen molar-refractivity contribution in [2.24, 2.45) is 0 Å². The second-order valence-electron chi connectivity index (χ2n) is 9.97. The Kier molecular flexibility index (Phi) is 2.09. The van der Waals surface area contributed by atoms with Gasteiger partial charge >= 0.3 is 0 Å². The van der Waals surface area contributed by atoms with Crippen molar-refractivity contribution in [2.75, 3.05) is 31.2 Å². The number of aryl methyl sites for hydroxylation is 1. The Morgan fingerprint density at radius 3 is 2.94 bits per heavy atom. The summed E-state index contributed by atoms with van der Waals surface area (Å²) in [6.07, 6.45) is 4.18. The third-order valence-electron chi connectivity index (χ3n) is 7.44. The summed E-state index contributed by atoms with van der Waals surface area (Å²) in [6.45, 7) is 10.2. The molecule has 0 saturated carbocycles. The summed E-state index contributed by atoms with van der Waals surface area (Å²) in [7, 11) is 0. The normalized spacial score (nSPS) is 26.3. The van der Waals surface area contributed by atoms with Crippen LogP contribution in [-0.4, -0.2) is 63.1 Å². The molecule has 0 aliphatic carbocycles. The number of morpholine rings is 1. The number of H-pyrrole nitrogens is 1. The molecular formula is C27H84FN7O. The van der Waals surface area contributed by atoms with Crippen LogP contribution in [0.25, 0.3) is 33.5 Å². The van der Waals surface area contributed by atoms with Gasteiger partial charge in [0.2, 0.25) is 0 Å². The lowest BCUT2D eigenvalue weighted by molar-refractivity contribution is 0.0985. The van der Waals surface area contributed by atoms with Crippen LogP contribution in [0, 0.1) is 19.7 Å². The monoisotopic (exact) mass is 594 g/mol. The molecule has 0 unspecified atom stereocenters. The van der Waals surface area contributed by atoms with Gasteiger partial charge in [-0.1, -0.05) is 0 Å². The molecule has 2 N–H and O–H groups in total. The van der Waals surface area contributed by atoms with E-state index < -0.39 is 0 Å². The highest BCUT2D eigenvalue weighted by Gasteiger charge is 2.25. The second kappa shape index (κ2) is 9.29. The van der Waals surface area contributed by atoms with E-state index in [2.05, 4.69) is 33.7 Å². The summed E-state index contributed by atoms with van der Waals surface area (Å²) in [5.41, 5.74) is 5.24. The van der Waals surface area contributed by atoms with Gasteiger partial charge in [-0.25, -0.2) is 14.4 Å². The molecule has 3 aromatic heterocycles. The fourth-order valence-electron chi connectivity index (χ4n) is 5.58. The van der Waals surface area contributed by atoms with E-state index in [-0.39, 0.29) is 11.9 Å². The van der Waals surface area contributed by atoms with E-state index in [1.54, 1.807) is 0 Å². The molecule has 5 heterocycles. The Balaban J connectivity index is -0.0000000385. The van der Waals surface area contributed by atoms with Crippen molar-refractivity contribution in [2.45, 2.75) is 52.2 Å². The highest BCUT2D eigenvalue weighted by molar-refractivity contribution is 5.94. The van der Waals surface area contributed by atoms with E-state index >= 15 is 0 Å². The van der Waals surface area contributed by atoms with E-state index in [4.69, 9.17) is 97.0 Å². The predicted molar refractivity (Wildman–Crippen MR) is 194 cm³/mol. The third-order valence-corrected chi connectivity index (χ3v) is 7.44. The first-order valence-corrected chi connectivity index (χ1v) is 12.8. The number of halogens is 1. The Bertz CT molecular complexity index is 1490. The number of hydrogen-bond acceptors (Lipinski definition) is 6. The third kappa shape index (κ3) is 4.16. The van der Waals surface area contributed by atoms with Gasteiger partial charge in [0.15, 0.2) is 5.82 Å². The van der Waals surface area contributed by atoms with Gasteiger partial charge in [-0.3, -0.25) is 4.68 Å². The van der Waals surface area contributed by atoms with Gasteiger partial charge in [-0.15, -0.1) is 0 Å². The summed E-state index contributed by atoms with van der Waals surface area (Å²) in [6, 6.07) is 7.64. The van der Waals surface area contributed by atoms with Crippen LogP contribution in [0.1, 0.15) is 108 Å². The molecule has 0 spiro atoms. The molecule has 2 fully saturated rings. The minimum atomic E-state index is -0.320. The highest BCUT2D eigenvalue weighted by Crippen LogP contribution is 2.34. The molecule has 36 heavy (non-hydrogen) atoms. The van der Waals surface area contributed by atoms with E-state index in [9.17, 15) is 4.39 Å². The van der Waals surface area contributed by atoms with Gasteiger partial charge in [0.05, 0.1) is 37.2 Å². The summed E-state index contributed by atoms with van der Waals surface area (Å²) in [5, 5.41) is 9.34. The Labute approximate surface area is 290 Å². The van der Waals surface area contributed by atoms with Crippen molar-refractivity contribution in [3.05, 3.63) is 47.7 Å². The summed E-state index contributed by atoms with van der Waals surface area (Å²) >= 11 is 0. The fraction of sp³-hybridized carbons (Fsp3) is 0.444. The molecule has 6 rings (SSSR count). The number of rotatable bonds is 5. The number of ether oxygens (including phenoxy) is 1. The zero-order chi connectivity index (χ0) is 76.8. The number of nitrogens with one attached hydrogen (secondary N) is 2. The Morgan fingerprint density at radius 2 is 2.14 bits per heavy atom. The molecule has 0 bridgehead atoms. The molecule has 8 nitrogen and oxygen atoms in total. The summed E-state index contributed by atoms with van der Waals surface area (Å²) in [5.74, 6) is 1.01. The minimum Gasteiger partial charge on any atom is -0.377 e. The zero-order valence-electron chi connectivity index (χ0n) is 73.0. The van der Waals surface area contributed by atoms with E-state index in [1.165, 1.54) is 18.6 Å². The summed E-state index contributed by atoms with van der Waals surface area (Å²) < 4.78 is 282. The van der Waals surface area contributed by atoms with E-state index in [0.29, 0.717) is 30.6 Å². The maximum absolute atomic E-state index is 14.6. The van der Waals surface area contributed by atoms with Gasteiger partial charge in [0.25, 0.3) is 0 Å². The first kappa shape index (κ1) is 8.10. The van der Waals surface area contributed by atoms with Crippen LogP contribution in [0.3, 0.4) is 0 Å². The van der Waals surface area contributed by atoms with Crippen LogP contribution in [0.15, 0.2) is 30.5 Å². The number of hydrogen-bond donors (Lipinski definition) is 2. The minimum absolute atomic E-state index is 0.174. The summed E-state index contributed by atoms with van der Waals surface area (Å²) in [4.78, 5) is 15.3. The smallest absolute Gasteiger partial charge is 0.162 e. The number of aromatic nitrogens is 5. The number of aromatic amines is 1. The van der Waals surface area contributed by atoms with Crippen molar-refractivity contribution in [1.82, 2.24) is 30.0 Å². The molecular weight excluding hydrogens is 457 g/mol. The predicted octanol–water partition coefficient (Wildman–Crippen LogP) is 10.6. The quantitative estimate of drug-likeness (QED) is 0.239. The molecule has 240 valence electrons. The second-order valence-corrected chi connectivity index (χ2v) is 9.97. The largest absolute Gasteiger partial charge is 0.377 e. The molecule has 4 aromatic rings. The lowest BCUT2D eigenvalue weighted by Gasteiger charge is -2.34. The fourth-order valence-corrected chi connectivity index (χ4v) is 5.58. The number of fused-ring (bicyclic) bond motifs is 1. The average Bonchev–Trinajstić information content (AvgIpc) is 4.61. The zero-order valence-corrected chi connectivity index (χ0v) is 21.0. The molecule has 0 radical (unpaired) electrons. The van der Waals surface area contributed by atoms with E-state index in [0.717, 1.165) is 65.4 Å². The van der Waals surface area contributed by atoms with Crippen LogP contribution in [-0.2, 0) is 11.3 Å². The average molecular weight is 594 g/mol. The number of benzene rings is 1. The van der Waals surface area contributed by atoms with Gasteiger partial charge in [0, 0.05) is 130 Å². The van der Waals surface area contributed by atoms with Crippen LogP contribution >= 0.6 is 0 Å². The molecule has 0 amide bonds. The van der Waals surface area contributed by atoms with Crippen molar-refractivity contribution in [3.8, 4) is 22.6 Å². The van der Waals surface area contributed by atoms with Crippen LogP contribution in [0.5, 0.6) is 0 Å². The number of nitrogens with zero attached hydrogens (tertiary/aromatic N) is 5. The molecule has 2 saturated heterocycles. The highest BCUT2D eigenvalue weighted by atomic mass is 19.1. The van der Waals surface area contributed by atoms with Gasteiger partial charge in [0.1, 0.15) is 11.6 Å². The topological polar surface area (TPSA) is 83.9 Å². The SMILES string of the molecule is Cc1nn(C[C@@H]2CCCN2)c(C)c1-c1cc(N2CCOC[C@H]2C)nc(-c2cc(F)cc3[nH]ccc23)n1.[2H][2H].[2H][2H].[2H][2H].[2H][2H].[2H][2H].[2H][2H].[2H][2H].[2H][2H].[2H][2H].[2H][2H].[2H][2H].[2H][2H].[2H][2H].[2H][2H].[2H][2H].[2H][2H].[2H][2H].[2H][2H].[2H][2H].[2H][2H].[2H][2H].[2H][2H].[2H][2H].[2H][2H].[2H][2H].[2H][2H]. The van der Waals surface area contributed by atoms with Crippen LogP contribution in [0.2, 0.25) is 0 Å². The lowest BCUT2D eigenvalue weighted by Crippen LogP contribution is -2.44. The van der Waals surface area contributed by atoms with Crippen LogP contribution in [0.4, 0.5) is 10.2 Å². The standard InChI is InChI=1S/C27H32FN7O.26H2/c1-16-15-36-10-9-34(16)25-13-24(26-17(2)33-35(18(26)3)14-20-5-4-7-29-20)31-27(32-25)22-11-19(28)12-23-21(22)6-8-30-23;;;;;;;;;;;;;;;;;;;;;;;;;;/h6,8,11-13,16,20,29-30H,4-5,7,9-10,14-15H2,1-3H3;26*1H/t16-,20+;;;;;;;;;;;;;;;;;;;;;;;;;;/m1........................../s1/i;26*1+1D. The molecule has 2 aliphatic rings. The van der Waals surface area contributed by atoms with Crippen molar-refractivity contribution < 1.29 is 86.3 Å². The Morgan fingerprint density at radius 1 is 1.25 bits per heavy atom. The van der Waals surface area contributed by atoms with Crippen LogP contribution < -0.4 is 10.2 Å². The van der Waals surface area contributed by atoms with Gasteiger partial charge in [-0.2, -0.15) is 5.10 Å². The van der Waals surface area contributed by atoms with Crippen molar-refractivity contribution in [1.29, 1.82) is 0 Å². The molecule has 1 aromatic carbocycles. The molecule has 2 atom stereocenters. The first-order valence-electron chi connectivity index (χ1n) is 38.8. The van der Waals surface area contributed by atoms with Gasteiger partial charge < -0.3 is 19.9 Å². The Hall–Kier alpha value is -3.30. The molecule has 2 aliphatic heterocycles. The van der Waals surface area contributed by atoms with Gasteiger partial charge in [-0.05, 0) is 58.4 Å². The van der Waals surface area contributed by atoms with E-state index in [1.807, 2.05) is 25.3 Å². The maximum atomic E-state index is 14.6.